The maximum atomic E-state index is 9.97. The Bertz CT molecular complexity index is 1450. The number of aromatic nitrogens is 5. The van der Waals surface area contributed by atoms with Gasteiger partial charge in [0.1, 0.15) is 17.8 Å². The summed E-state index contributed by atoms with van der Waals surface area (Å²) in [5, 5.41) is 15.1. The van der Waals surface area contributed by atoms with Gasteiger partial charge in [-0.05, 0) is 29.8 Å². The molecule has 0 radical (unpaired) electrons. The molecule has 0 spiro atoms. The predicted molar refractivity (Wildman–Crippen MR) is 115 cm³/mol. The second kappa shape index (κ2) is 6.78. The monoisotopic (exact) mass is 427 g/mol. The summed E-state index contributed by atoms with van der Waals surface area (Å²) in [6.45, 7) is 0. The van der Waals surface area contributed by atoms with Crippen molar-refractivity contribution in [2.24, 2.45) is 0 Å². The van der Waals surface area contributed by atoms with Gasteiger partial charge in [-0.3, -0.25) is 4.98 Å². The molecule has 1 aliphatic heterocycles. The minimum atomic E-state index is -0.243. The van der Waals surface area contributed by atoms with E-state index in [1.165, 1.54) is 0 Å². The number of aromatic hydroxyl groups is 1. The van der Waals surface area contributed by atoms with Gasteiger partial charge in [0.2, 0.25) is 5.88 Å². The highest BCUT2D eigenvalue weighted by Crippen LogP contribution is 2.48. The molecule has 0 aliphatic carbocycles. The molecule has 0 amide bonds. The SMILES string of the molecule is Oc1ccc2c(c1)Oc1ncn3nc(-c4ccccc4Cl)nc3c1C2c1cccnc1. The summed E-state index contributed by atoms with van der Waals surface area (Å²) in [6.07, 6.45) is 5.10. The molecule has 1 N–H and O–H groups in total. The zero-order chi connectivity index (χ0) is 20.9. The lowest BCUT2D eigenvalue weighted by Gasteiger charge is -2.27. The molecule has 5 aromatic rings. The third-order valence-corrected chi connectivity index (χ3v) is 5.65. The summed E-state index contributed by atoms with van der Waals surface area (Å²) in [5.41, 5.74) is 3.97. The van der Waals surface area contributed by atoms with Gasteiger partial charge in [0.25, 0.3) is 0 Å². The van der Waals surface area contributed by atoms with Gasteiger partial charge in [-0.1, -0.05) is 35.9 Å². The molecular weight excluding hydrogens is 414 g/mol. The first-order valence-electron chi connectivity index (χ1n) is 9.60. The smallest absolute Gasteiger partial charge is 0.228 e. The number of benzene rings is 2. The molecule has 1 atom stereocenters. The van der Waals surface area contributed by atoms with Crippen LogP contribution in [0.25, 0.3) is 17.0 Å². The van der Waals surface area contributed by atoms with E-state index in [9.17, 15) is 5.11 Å². The normalized spacial score (nSPS) is 14.7. The lowest BCUT2D eigenvalue weighted by atomic mass is 9.84. The number of hydrogen-bond acceptors (Lipinski definition) is 6. The lowest BCUT2D eigenvalue weighted by molar-refractivity contribution is 0.422. The molecule has 1 aliphatic rings. The molecule has 3 aromatic heterocycles. The molecule has 0 saturated heterocycles. The summed E-state index contributed by atoms with van der Waals surface area (Å²) >= 11 is 6.37. The van der Waals surface area contributed by atoms with Crippen molar-refractivity contribution in [3.05, 3.63) is 95.0 Å². The third-order valence-electron chi connectivity index (χ3n) is 5.32. The van der Waals surface area contributed by atoms with Crippen molar-refractivity contribution in [1.82, 2.24) is 24.6 Å². The fraction of sp³-hybridized carbons (Fsp3) is 0.0435. The van der Waals surface area contributed by atoms with E-state index in [1.807, 2.05) is 42.6 Å². The molecule has 31 heavy (non-hydrogen) atoms. The standard InChI is InChI=1S/C23H14ClN5O2/c24-17-6-2-1-5-15(17)21-27-22-20-19(13-4-3-9-25-11-13)16-8-7-14(30)10-18(16)31-23(20)26-12-29(22)28-21/h1-12,19,30H. The molecule has 150 valence electrons. The van der Waals surface area contributed by atoms with Crippen LogP contribution in [-0.4, -0.2) is 29.7 Å². The number of hydrogen-bond donors (Lipinski definition) is 1. The van der Waals surface area contributed by atoms with Crippen LogP contribution < -0.4 is 4.74 Å². The Hall–Kier alpha value is -3.97. The van der Waals surface area contributed by atoms with Crippen LogP contribution in [-0.2, 0) is 0 Å². The summed E-state index contributed by atoms with van der Waals surface area (Å²) < 4.78 is 7.69. The van der Waals surface area contributed by atoms with Crippen molar-refractivity contribution < 1.29 is 9.84 Å². The number of phenolic OH excluding ortho intramolecular Hbond substituents is 1. The number of ether oxygens (including phenoxy) is 1. The van der Waals surface area contributed by atoms with E-state index in [2.05, 4.69) is 15.1 Å². The fourth-order valence-corrected chi connectivity index (χ4v) is 4.17. The van der Waals surface area contributed by atoms with Crippen molar-refractivity contribution in [1.29, 1.82) is 0 Å². The van der Waals surface area contributed by atoms with E-state index < -0.39 is 0 Å². The summed E-state index contributed by atoms with van der Waals surface area (Å²) in [7, 11) is 0. The van der Waals surface area contributed by atoms with Crippen LogP contribution in [0.1, 0.15) is 22.6 Å². The van der Waals surface area contributed by atoms with Crippen molar-refractivity contribution in [3.8, 4) is 28.8 Å². The molecule has 0 bridgehead atoms. The first-order chi connectivity index (χ1) is 15.2. The van der Waals surface area contributed by atoms with E-state index in [-0.39, 0.29) is 11.7 Å². The first-order valence-corrected chi connectivity index (χ1v) is 9.98. The predicted octanol–water partition coefficient (Wildman–Crippen LogP) is 4.83. The van der Waals surface area contributed by atoms with Crippen LogP contribution in [0.15, 0.2) is 73.3 Å². The Kier molecular flexibility index (Phi) is 3.91. The minimum absolute atomic E-state index is 0.122. The average Bonchev–Trinajstić information content (AvgIpc) is 3.22. The highest BCUT2D eigenvalue weighted by Gasteiger charge is 2.33. The quantitative estimate of drug-likeness (QED) is 0.426. The van der Waals surface area contributed by atoms with Crippen LogP contribution in [0, 0.1) is 0 Å². The molecule has 6 rings (SSSR count). The van der Waals surface area contributed by atoms with E-state index in [0.717, 1.165) is 22.3 Å². The summed E-state index contributed by atoms with van der Waals surface area (Å²) in [5.74, 6) is 1.34. The molecule has 4 heterocycles. The van der Waals surface area contributed by atoms with Crippen LogP contribution in [0.5, 0.6) is 17.4 Å². The van der Waals surface area contributed by atoms with Crippen LogP contribution in [0.3, 0.4) is 0 Å². The zero-order valence-electron chi connectivity index (χ0n) is 16.0. The van der Waals surface area contributed by atoms with E-state index in [1.54, 1.807) is 35.2 Å². The Balaban J connectivity index is 1.63. The van der Waals surface area contributed by atoms with Crippen molar-refractivity contribution in [2.45, 2.75) is 5.92 Å². The van der Waals surface area contributed by atoms with Gasteiger partial charge in [-0.25, -0.2) is 14.5 Å². The van der Waals surface area contributed by atoms with Gasteiger partial charge in [-0.15, -0.1) is 5.10 Å². The number of pyridine rings is 1. The maximum Gasteiger partial charge on any atom is 0.228 e. The molecular formula is C23H14ClN5O2. The Morgan fingerprint density at radius 3 is 2.81 bits per heavy atom. The molecule has 2 aromatic carbocycles. The van der Waals surface area contributed by atoms with Gasteiger partial charge in [-0.2, -0.15) is 0 Å². The van der Waals surface area contributed by atoms with Gasteiger partial charge < -0.3 is 9.84 Å². The fourth-order valence-electron chi connectivity index (χ4n) is 3.95. The summed E-state index contributed by atoms with van der Waals surface area (Å²) in [6, 6.07) is 16.4. The highest BCUT2D eigenvalue weighted by molar-refractivity contribution is 6.33. The third kappa shape index (κ3) is 2.82. The Morgan fingerprint density at radius 1 is 1.06 bits per heavy atom. The van der Waals surface area contributed by atoms with E-state index in [4.69, 9.17) is 21.3 Å². The molecule has 8 heteroatoms. The number of halogens is 1. The van der Waals surface area contributed by atoms with Crippen LogP contribution >= 0.6 is 11.6 Å². The zero-order valence-corrected chi connectivity index (χ0v) is 16.7. The van der Waals surface area contributed by atoms with Crippen LogP contribution in [0.2, 0.25) is 5.02 Å². The van der Waals surface area contributed by atoms with Gasteiger partial charge in [0, 0.05) is 35.5 Å². The number of rotatable bonds is 2. The Labute approximate surface area is 181 Å². The molecule has 1 unspecified atom stereocenters. The molecule has 7 nitrogen and oxygen atoms in total. The van der Waals surface area contributed by atoms with E-state index in [0.29, 0.717) is 28.1 Å². The number of phenols is 1. The van der Waals surface area contributed by atoms with Gasteiger partial charge >= 0.3 is 0 Å². The Morgan fingerprint density at radius 2 is 1.97 bits per heavy atom. The van der Waals surface area contributed by atoms with Gasteiger partial charge in [0.15, 0.2) is 11.5 Å². The second-order valence-electron chi connectivity index (χ2n) is 7.19. The summed E-state index contributed by atoms with van der Waals surface area (Å²) in [4.78, 5) is 13.6. The largest absolute Gasteiger partial charge is 0.508 e. The van der Waals surface area contributed by atoms with Crippen LogP contribution in [0.4, 0.5) is 0 Å². The number of fused-ring (bicyclic) bond motifs is 4. The lowest BCUT2D eigenvalue weighted by Crippen LogP contribution is -2.15. The van der Waals surface area contributed by atoms with Crippen molar-refractivity contribution >= 4 is 17.2 Å². The topological polar surface area (TPSA) is 85.4 Å². The first kappa shape index (κ1) is 17.9. The van der Waals surface area contributed by atoms with E-state index >= 15 is 0 Å². The molecule has 0 saturated carbocycles. The van der Waals surface area contributed by atoms with Gasteiger partial charge in [0.05, 0.1) is 10.6 Å². The highest BCUT2D eigenvalue weighted by atomic mass is 35.5. The minimum Gasteiger partial charge on any atom is -0.508 e. The average molecular weight is 428 g/mol. The molecule has 0 fully saturated rings. The van der Waals surface area contributed by atoms with Crippen molar-refractivity contribution in [3.63, 3.8) is 0 Å². The van der Waals surface area contributed by atoms with Crippen molar-refractivity contribution in [2.75, 3.05) is 0 Å². The maximum absolute atomic E-state index is 9.97. The number of nitrogens with zero attached hydrogens (tertiary/aromatic N) is 5. The second-order valence-corrected chi connectivity index (χ2v) is 7.60.